The van der Waals surface area contributed by atoms with Gasteiger partial charge in [-0.05, 0) is 49.4 Å². The molecule has 0 aliphatic carbocycles. The van der Waals surface area contributed by atoms with Gasteiger partial charge in [0.1, 0.15) is 5.70 Å². The molecule has 6 heteroatoms. The zero-order valence-corrected chi connectivity index (χ0v) is 17.5. The van der Waals surface area contributed by atoms with Crippen LogP contribution in [0.3, 0.4) is 0 Å². The number of amides is 2. The minimum Gasteiger partial charge on any atom is -0.317 e. The zero-order chi connectivity index (χ0) is 21.4. The fourth-order valence-electron chi connectivity index (χ4n) is 2.90. The van der Waals surface area contributed by atoms with Crippen molar-refractivity contribution in [2.75, 3.05) is 12.9 Å². The van der Waals surface area contributed by atoms with Gasteiger partial charge in [-0.15, -0.1) is 11.6 Å². The third-order valence-corrected chi connectivity index (χ3v) is 4.59. The highest BCUT2D eigenvalue weighted by Gasteiger charge is 2.29. The fourth-order valence-corrected chi connectivity index (χ4v) is 3.06. The standard InChI is InChI=1S/C23H24ClN3O2/c1-5-21-19(12-13-24)22(28)26-20(23(29)27(21)4)15-17-8-10-18(11-9-17)16(2)7-6-14-25-3/h5-12,14-15H,3,13H2,1-2,4H3,(H,26,28)/b14-6-,16-7+,19-12+,20-15-,21-5+. The highest BCUT2D eigenvalue weighted by molar-refractivity contribution is 6.19. The number of allylic oxidation sites excluding steroid dienone is 5. The lowest BCUT2D eigenvalue weighted by atomic mass is 10.0. The van der Waals surface area contributed by atoms with Crippen LogP contribution in [0.25, 0.3) is 11.6 Å². The SMILES string of the molecule is C=N/C=C\C=C(/C)c1ccc(/C=C2\NC(=O)C(=C/CCl)/C(=C\C)N(C)C2=O)cc1. The van der Waals surface area contributed by atoms with Crippen molar-refractivity contribution < 1.29 is 9.59 Å². The van der Waals surface area contributed by atoms with E-state index in [2.05, 4.69) is 17.0 Å². The number of rotatable bonds is 5. The van der Waals surface area contributed by atoms with E-state index in [1.807, 2.05) is 43.3 Å². The third-order valence-electron chi connectivity index (χ3n) is 4.43. The van der Waals surface area contributed by atoms with E-state index in [1.54, 1.807) is 38.4 Å². The van der Waals surface area contributed by atoms with Crippen molar-refractivity contribution in [3.8, 4) is 0 Å². The van der Waals surface area contributed by atoms with Crippen LogP contribution in [0.2, 0.25) is 0 Å². The number of carbonyl (C=O) groups is 2. The fraction of sp³-hybridized carbons (Fsp3) is 0.174. The van der Waals surface area contributed by atoms with Crippen molar-refractivity contribution in [2.24, 2.45) is 4.99 Å². The summed E-state index contributed by atoms with van der Waals surface area (Å²) in [5, 5.41) is 2.70. The minimum atomic E-state index is -0.360. The van der Waals surface area contributed by atoms with E-state index >= 15 is 0 Å². The minimum absolute atomic E-state index is 0.174. The predicted octanol–water partition coefficient (Wildman–Crippen LogP) is 4.30. The first kappa shape index (κ1) is 22.1. The molecule has 0 bridgehead atoms. The van der Waals surface area contributed by atoms with Crippen molar-refractivity contribution >= 4 is 41.8 Å². The topological polar surface area (TPSA) is 61.8 Å². The number of carbonyl (C=O) groups excluding carboxylic acids is 2. The highest BCUT2D eigenvalue weighted by atomic mass is 35.5. The number of likely N-dealkylation sites (N-methyl/N-ethyl adjacent to an activating group) is 1. The van der Waals surface area contributed by atoms with Crippen molar-refractivity contribution in [3.05, 3.63) is 82.9 Å². The first-order chi connectivity index (χ1) is 13.9. The molecule has 1 aromatic carbocycles. The first-order valence-corrected chi connectivity index (χ1v) is 9.60. The van der Waals surface area contributed by atoms with Crippen molar-refractivity contribution in [1.29, 1.82) is 0 Å². The number of hydrogen-bond acceptors (Lipinski definition) is 3. The van der Waals surface area contributed by atoms with Gasteiger partial charge in [0.2, 0.25) is 0 Å². The van der Waals surface area contributed by atoms with Crippen molar-refractivity contribution in [2.45, 2.75) is 13.8 Å². The van der Waals surface area contributed by atoms with Gasteiger partial charge >= 0.3 is 0 Å². The Balaban J connectivity index is 2.36. The van der Waals surface area contributed by atoms with E-state index in [-0.39, 0.29) is 23.4 Å². The average molecular weight is 410 g/mol. The summed E-state index contributed by atoms with van der Waals surface area (Å²) in [6.45, 7) is 7.17. The van der Waals surface area contributed by atoms with Gasteiger partial charge in [-0.3, -0.25) is 14.6 Å². The number of aliphatic imine (C=N–C) groups is 1. The molecule has 0 unspecified atom stereocenters. The van der Waals surface area contributed by atoms with Gasteiger partial charge in [-0.25, -0.2) is 0 Å². The maximum Gasteiger partial charge on any atom is 0.274 e. The van der Waals surface area contributed by atoms with Gasteiger partial charge < -0.3 is 10.2 Å². The van der Waals surface area contributed by atoms with Crippen molar-refractivity contribution in [3.63, 3.8) is 0 Å². The molecule has 1 aromatic rings. The smallest absolute Gasteiger partial charge is 0.274 e. The number of nitrogens with zero attached hydrogens (tertiary/aromatic N) is 2. The highest BCUT2D eigenvalue weighted by Crippen LogP contribution is 2.22. The van der Waals surface area contributed by atoms with Crippen LogP contribution in [0.4, 0.5) is 0 Å². The zero-order valence-electron chi connectivity index (χ0n) is 16.8. The van der Waals surface area contributed by atoms with E-state index < -0.39 is 0 Å². The first-order valence-electron chi connectivity index (χ1n) is 9.06. The van der Waals surface area contributed by atoms with Crippen LogP contribution in [0, 0.1) is 0 Å². The molecule has 150 valence electrons. The summed E-state index contributed by atoms with van der Waals surface area (Å²) in [5.74, 6) is -0.486. The molecule has 2 rings (SSSR count). The van der Waals surface area contributed by atoms with Crippen LogP contribution in [-0.2, 0) is 9.59 Å². The van der Waals surface area contributed by atoms with Gasteiger partial charge in [-0.2, -0.15) is 0 Å². The van der Waals surface area contributed by atoms with E-state index in [9.17, 15) is 9.59 Å². The number of nitrogens with one attached hydrogen (secondary N) is 1. The van der Waals surface area contributed by atoms with Crippen LogP contribution in [-0.4, -0.2) is 36.4 Å². The molecule has 1 fully saturated rings. The Morgan fingerprint density at radius 3 is 2.55 bits per heavy atom. The molecular formula is C23H24ClN3O2. The molecule has 0 aromatic heterocycles. The second-order valence-electron chi connectivity index (χ2n) is 6.32. The Kier molecular flexibility index (Phi) is 7.92. The maximum atomic E-state index is 12.8. The van der Waals surface area contributed by atoms with Crippen LogP contribution in [0.5, 0.6) is 0 Å². The van der Waals surface area contributed by atoms with Gasteiger partial charge in [-0.1, -0.05) is 42.5 Å². The summed E-state index contributed by atoms with van der Waals surface area (Å²) < 4.78 is 0. The van der Waals surface area contributed by atoms with Crippen molar-refractivity contribution in [1.82, 2.24) is 10.2 Å². The summed E-state index contributed by atoms with van der Waals surface area (Å²) in [7, 11) is 1.64. The lowest BCUT2D eigenvalue weighted by Crippen LogP contribution is -2.29. The van der Waals surface area contributed by atoms with Crippen LogP contribution >= 0.6 is 11.6 Å². The lowest BCUT2D eigenvalue weighted by Gasteiger charge is -2.18. The number of hydrogen-bond donors (Lipinski definition) is 1. The van der Waals surface area contributed by atoms with Crippen LogP contribution in [0.1, 0.15) is 25.0 Å². The molecule has 1 heterocycles. The Labute approximate surface area is 176 Å². The summed E-state index contributed by atoms with van der Waals surface area (Å²) in [6.07, 6.45) is 10.4. The number of benzene rings is 1. The summed E-state index contributed by atoms with van der Waals surface area (Å²) in [5.41, 5.74) is 4.01. The molecule has 0 radical (unpaired) electrons. The monoisotopic (exact) mass is 409 g/mol. The molecule has 2 amide bonds. The summed E-state index contributed by atoms with van der Waals surface area (Å²) in [6, 6.07) is 7.70. The number of alkyl halides is 1. The summed E-state index contributed by atoms with van der Waals surface area (Å²) >= 11 is 5.79. The Hall–Kier alpha value is -3.18. The maximum absolute atomic E-state index is 12.8. The molecule has 1 aliphatic rings. The molecule has 0 saturated carbocycles. The molecule has 1 aliphatic heterocycles. The molecular weight excluding hydrogens is 386 g/mol. The second kappa shape index (κ2) is 10.4. The summed E-state index contributed by atoms with van der Waals surface area (Å²) in [4.78, 5) is 30.6. The molecule has 5 nitrogen and oxygen atoms in total. The van der Waals surface area contributed by atoms with Crippen LogP contribution in [0.15, 0.2) is 76.7 Å². The van der Waals surface area contributed by atoms with Crippen LogP contribution < -0.4 is 5.32 Å². The lowest BCUT2D eigenvalue weighted by molar-refractivity contribution is -0.125. The molecule has 1 N–H and O–H groups in total. The largest absolute Gasteiger partial charge is 0.317 e. The van der Waals surface area contributed by atoms with Gasteiger partial charge in [0.15, 0.2) is 0 Å². The van der Waals surface area contributed by atoms with E-state index in [1.165, 1.54) is 4.90 Å². The van der Waals surface area contributed by atoms with Gasteiger partial charge in [0.25, 0.3) is 11.8 Å². The van der Waals surface area contributed by atoms with Gasteiger partial charge in [0.05, 0.1) is 11.3 Å². The predicted molar refractivity (Wildman–Crippen MR) is 120 cm³/mol. The molecule has 0 spiro atoms. The normalized spacial score (nSPS) is 19.9. The second-order valence-corrected chi connectivity index (χ2v) is 6.63. The van der Waals surface area contributed by atoms with E-state index in [0.29, 0.717) is 11.3 Å². The Morgan fingerprint density at radius 2 is 1.97 bits per heavy atom. The molecule has 1 saturated heterocycles. The van der Waals surface area contributed by atoms with E-state index in [0.717, 1.165) is 16.7 Å². The molecule has 29 heavy (non-hydrogen) atoms. The van der Waals surface area contributed by atoms with Gasteiger partial charge in [0, 0.05) is 19.1 Å². The number of halogens is 1. The quantitative estimate of drug-likeness (QED) is 0.341. The molecule has 0 atom stereocenters. The van der Waals surface area contributed by atoms with E-state index in [4.69, 9.17) is 11.6 Å². The average Bonchev–Trinajstić information content (AvgIpc) is 2.80. The Morgan fingerprint density at radius 1 is 1.28 bits per heavy atom. The Bertz CT molecular complexity index is 951. The third kappa shape index (κ3) is 5.42.